The first-order valence-electron chi connectivity index (χ1n) is 6.71. The summed E-state index contributed by atoms with van der Waals surface area (Å²) < 4.78 is 0. The first-order chi connectivity index (χ1) is 10.1. The number of carbonyl (C=O) groups excluding carboxylic acids is 1. The Morgan fingerprint density at radius 3 is 2.95 bits per heavy atom. The predicted octanol–water partition coefficient (Wildman–Crippen LogP) is 0.972. The highest BCUT2D eigenvalue weighted by molar-refractivity contribution is 7.16. The summed E-state index contributed by atoms with van der Waals surface area (Å²) in [7, 11) is 0. The van der Waals surface area contributed by atoms with Crippen LogP contribution in [0.2, 0.25) is 0 Å². The molecule has 1 amide bonds. The Balaban J connectivity index is 2.04. The number of hydrogen-bond donors (Lipinski definition) is 2. The summed E-state index contributed by atoms with van der Waals surface area (Å²) in [5.74, 6) is -0.185. The van der Waals surface area contributed by atoms with Crippen molar-refractivity contribution >= 4 is 22.2 Å². The van der Waals surface area contributed by atoms with Gasteiger partial charge in [-0.1, -0.05) is 0 Å². The number of amides is 1. The van der Waals surface area contributed by atoms with Gasteiger partial charge >= 0.3 is 0 Å². The van der Waals surface area contributed by atoms with Gasteiger partial charge in [-0.05, 0) is 19.4 Å². The van der Waals surface area contributed by atoms with Crippen molar-refractivity contribution in [2.75, 3.05) is 31.5 Å². The second kappa shape index (κ2) is 6.68. The van der Waals surface area contributed by atoms with Gasteiger partial charge in [-0.15, -0.1) is 11.3 Å². The summed E-state index contributed by atoms with van der Waals surface area (Å²) in [6.45, 7) is 5.98. The smallest absolute Gasteiger partial charge is 0.239 e. The molecule has 2 rings (SSSR count). The van der Waals surface area contributed by atoms with E-state index in [1.165, 1.54) is 11.3 Å². The van der Waals surface area contributed by atoms with Gasteiger partial charge in [-0.3, -0.25) is 9.69 Å². The van der Waals surface area contributed by atoms with Gasteiger partial charge in [-0.2, -0.15) is 10.5 Å². The van der Waals surface area contributed by atoms with E-state index in [1.807, 2.05) is 18.7 Å². The maximum Gasteiger partial charge on any atom is 0.239 e. The van der Waals surface area contributed by atoms with Crippen molar-refractivity contribution in [1.29, 1.82) is 10.5 Å². The average molecular weight is 303 g/mol. The lowest BCUT2D eigenvalue weighted by atomic mass is 10.2. The molecule has 0 aromatic carbocycles. The molecule has 7 heteroatoms. The standard InChI is InChI=1S/C14H17N5OS/c1-9-10(2)21-14(12(9)6-16)18-13(20)8-19-4-3-17-7-11(19)5-15/h11,17H,3-4,7-8H2,1-2H3,(H,18,20). The molecule has 0 bridgehead atoms. The molecule has 2 N–H and O–H groups in total. The van der Waals surface area contributed by atoms with Gasteiger partial charge in [0.25, 0.3) is 0 Å². The molecule has 1 aromatic rings. The zero-order valence-corrected chi connectivity index (χ0v) is 12.9. The van der Waals surface area contributed by atoms with Gasteiger partial charge in [-0.25, -0.2) is 0 Å². The van der Waals surface area contributed by atoms with Crippen molar-refractivity contribution in [2.45, 2.75) is 19.9 Å². The van der Waals surface area contributed by atoms with Crippen LogP contribution in [0, 0.1) is 36.5 Å². The molecule has 6 nitrogen and oxygen atoms in total. The zero-order valence-electron chi connectivity index (χ0n) is 12.1. The molecule has 0 saturated carbocycles. The van der Waals surface area contributed by atoms with E-state index in [-0.39, 0.29) is 18.5 Å². The number of thiophene rings is 1. The number of rotatable bonds is 3. The second-order valence-electron chi connectivity index (χ2n) is 4.97. The third-order valence-corrected chi connectivity index (χ3v) is 4.72. The van der Waals surface area contributed by atoms with Crippen molar-refractivity contribution < 1.29 is 4.79 Å². The Morgan fingerprint density at radius 1 is 1.52 bits per heavy atom. The highest BCUT2D eigenvalue weighted by atomic mass is 32.1. The molecule has 0 aliphatic carbocycles. The summed E-state index contributed by atoms with van der Waals surface area (Å²) in [6, 6.07) is 4.04. The van der Waals surface area contributed by atoms with E-state index in [4.69, 9.17) is 5.26 Å². The first-order valence-corrected chi connectivity index (χ1v) is 7.52. The average Bonchev–Trinajstić information content (AvgIpc) is 2.73. The van der Waals surface area contributed by atoms with Gasteiger partial charge in [0.15, 0.2) is 0 Å². The number of anilines is 1. The van der Waals surface area contributed by atoms with Crippen molar-refractivity contribution in [2.24, 2.45) is 0 Å². The topological polar surface area (TPSA) is 91.9 Å². The van der Waals surface area contributed by atoms with Crippen molar-refractivity contribution in [3.05, 3.63) is 16.0 Å². The van der Waals surface area contributed by atoms with Crippen LogP contribution in [0.25, 0.3) is 0 Å². The van der Waals surface area contributed by atoms with Crippen molar-refractivity contribution in [3.63, 3.8) is 0 Å². The molecule has 1 atom stereocenters. The van der Waals surface area contributed by atoms with E-state index in [2.05, 4.69) is 22.8 Å². The van der Waals surface area contributed by atoms with Gasteiger partial charge in [0.05, 0.1) is 18.2 Å². The number of hydrogen-bond acceptors (Lipinski definition) is 6. The number of aryl methyl sites for hydroxylation is 1. The lowest BCUT2D eigenvalue weighted by molar-refractivity contribution is -0.117. The fourth-order valence-corrected chi connectivity index (χ4v) is 3.29. The third kappa shape index (κ3) is 3.40. The van der Waals surface area contributed by atoms with E-state index in [1.54, 1.807) is 0 Å². The third-order valence-electron chi connectivity index (χ3n) is 3.60. The summed E-state index contributed by atoms with van der Waals surface area (Å²) in [5.41, 5.74) is 1.44. The predicted molar refractivity (Wildman–Crippen MR) is 81.0 cm³/mol. The summed E-state index contributed by atoms with van der Waals surface area (Å²) in [4.78, 5) is 15.0. The molecule has 1 aliphatic rings. The number of carbonyl (C=O) groups is 1. The van der Waals surface area contributed by atoms with Crippen LogP contribution in [0.1, 0.15) is 16.0 Å². The van der Waals surface area contributed by atoms with E-state index in [9.17, 15) is 10.1 Å². The van der Waals surface area contributed by atoms with E-state index < -0.39 is 0 Å². The molecule has 1 aliphatic heterocycles. The summed E-state index contributed by atoms with van der Waals surface area (Å²) >= 11 is 1.41. The molecule has 21 heavy (non-hydrogen) atoms. The minimum absolute atomic E-state index is 0.167. The second-order valence-corrected chi connectivity index (χ2v) is 6.19. The highest BCUT2D eigenvalue weighted by Gasteiger charge is 2.24. The summed E-state index contributed by atoms with van der Waals surface area (Å²) in [6.07, 6.45) is 0. The minimum atomic E-state index is -0.285. The Hall–Kier alpha value is -1.93. The molecule has 1 unspecified atom stereocenters. The van der Waals surface area contributed by atoms with Crippen LogP contribution in [0.4, 0.5) is 5.00 Å². The lowest BCUT2D eigenvalue weighted by Gasteiger charge is -2.31. The highest BCUT2D eigenvalue weighted by Crippen LogP contribution is 2.31. The number of nitrogens with one attached hydrogen (secondary N) is 2. The number of nitriles is 2. The maximum atomic E-state index is 12.1. The monoisotopic (exact) mass is 303 g/mol. The van der Waals surface area contributed by atoms with Crippen LogP contribution in [-0.2, 0) is 4.79 Å². The Labute approximate surface area is 128 Å². The molecule has 110 valence electrons. The fourth-order valence-electron chi connectivity index (χ4n) is 2.26. The molecule has 0 radical (unpaired) electrons. The van der Waals surface area contributed by atoms with Gasteiger partial charge in [0, 0.05) is 24.5 Å². The molecule has 2 heterocycles. The van der Waals surface area contributed by atoms with Crippen LogP contribution in [0.3, 0.4) is 0 Å². The van der Waals surface area contributed by atoms with Gasteiger partial charge in [0.2, 0.25) is 5.91 Å². The Bertz CT molecular complexity index is 625. The van der Waals surface area contributed by atoms with E-state index in [0.29, 0.717) is 23.7 Å². The number of piperazine rings is 1. The van der Waals surface area contributed by atoms with Crippen LogP contribution < -0.4 is 10.6 Å². The van der Waals surface area contributed by atoms with Crippen molar-refractivity contribution in [1.82, 2.24) is 10.2 Å². The minimum Gasteiger partial charge on any atom is -0.315 e. The van der Waals surface area contributed by atoms with E-state index >= 15 is 0 Å². The van der Waals surface area contributed by atoms with Gasteiger partial charge < -0.3 is 10.6 Å². The molecular weight excluding hydrogens is 286 g/mol. The normalized spacial score (nSPS) is 18.8. The zero-order chi connectivity index (χ0) is 15.4. The van der Waals surface area contributed by atoms with Gasteiger partial charge in [0.1, 0.15) is 17.1 Å². The van der Waals surface area contributed by atoms with Crippen LogP contribution in [-0.4, -0.2) is 43.0 Å². The maximum absolute atomic E-state index is 12.1. The molecule has 1 aromatic heterocycles. The Kier molecular flexibility index (Phi) is 4.92. The Morgan fingerprint density at radius 2 is 2.29 bits per heavy atom. The quantitative estimate of drug-likeness (QED) is 0.868. The van der Waals surface area contributed by atoms with Crippen molar-refractivity contribution in [3.8, 4) is 12.1 Å². The van der Waals surface area contributed by atoms with Crippen LogP contribution >= 0.6 is 11.3 Å². The van der Waals surface area contributed by atoms with Crippen LogP contribution in [0.5, 0.6) is 0 Å². The molecular formula is C14H17N5OS. The van der Waals surface area contributed by atoms with Crippen LogP contribution in [0.15, 0.2) is 0 Å². The lowest BCUT2D eigenvalue weighted by Crippen LogP contribution is -2.52. The largest absolute Gasteiger partial charge is 0.315 e. The molecule has 1 fully saturated rings. The SMILES string of the molecule is Cc1sc(NC(=O)CN2CCNCC2C#N)c(C#N)c1C. The number of nitrogens with zero attached hydrogens (tertiary/aromatic N) is 3. The van der Waals surface area contributed by atoms with E-state index in [0.717, 1.165) is 17.0 Å². The fraction of sp³-hybridized carbons (Fsp3) is 0.500. The molecule has 0 spiro atoms. The molecule has 1 saturated heterocycles. The summed E-state index contributed by atoms with van der Waals surface area (Å²) in [5, 5.41) is 24.8. The first kappa shape index (κ1) is 15.5.